The van der Waals surface area contributed by atoms with E-state index in [9.17, 15) is 4.39 Å². The molecule has 0 unspecified atom stereocenters. The quantitative estimate of drug-likeness (QED) is 0.919. The van der Waals surface area contributed by atoms with Gasteiger partial charge in [-0.15, -0.1) is 0 Å². The summed E-state index contributed by atoms with van der Waals surface area (Å²) in [6.07, 6.45) is 7.86. The number of nitrogens with one attached hydrogen (secondary N) is 1. The van der Waals surface area contributed by atoms with Gasteiger partial charge < -0.3 is 5.32 Å². The highest BCUT2D eigenvalue weighted by Gasteiger charge is 2.42. The molecule has 2 heterocycles. The van der Waals surface area contributed by atoms with Gasteiger partial charge >= 0.3 is 0 Å². The first-order chi connectivity index (χ1) is 9.20. The molecule has 1 saturated carbocycles. The van der Waals surface area contributed by atoms with E-state index >= 15 is 0 Å². The fraction of sp³-hybridized carbons (Fsp3) is 0.357. The van der Waals surface area contributed by atoms with Crippen LogP contribution in [-0.2, 0) is 5.54 Å². The van der Waals surface area contributed by atoms with Gasteiger partial charge in [-0.3, -0.25) is 4.98 Å². The lowest BCUT2D eigenvalue weighted by molar-refractivity contribution is 0.264. The minimum Gasteiger partial charge on any atom is -0.343 e. The molecule has 4 nitrogen and oxygen atoms in total. The topological polar surface area (TPSA) is 50.7 Å². The number of aryl methyl sites for hydroxylation is 1. The molecule has 1 N–H and O–H groups in total. The van der Waals surface area contributed by atoms with Crippen molar-refractivity contribution in [2.45, 2.75) is 31.7 Å². The summed E-state index contributed by atoms with van der Waals surface area (Å²) in [4.78, 5) is 12.6. The van der Waals surface area contributed by atoms with Gasteiger partial charge in [0.2, 0.25) is 5.95 Å². The number of hydrogen-bond acceptors (Lipinski definition) is 4. The van der Waals surface area contributed by atoms with E-state index < -0.39 is 5.54 Å². The van der Waals surface area contributed by atoms with Crippen LogP contribution in [0.15, 0.2) is 30.7 Å². The van der Waals surface area contributed by atoms with Crippen molar-refractivity contribution in [3.63, 3.8) is 0 Å². The first-order valence-electron chi connectivity index (χ1n) is 6.37. The Labute approximate surface area is 111 Å². The van der Waals surface area contributed by atoms with Gasteiger partial charge in [-0.05, 0) is 43.9 Å². The molecule has 0 amide bonds. The molecule has 0 spiro atoms. The van der Waals surface area contributed by atoms with E-state index in [-0.39, 0.29) is 5.82 Å². The van der Waals surface area contributed by atoms with Gasteiger partial charge in [-0.1, -0.05) is 0 Å². The number of aromatic nitrogens is 3. The van der Waals surface area contributed by atoms with Crippen LogP contribution >= 0.6 is 0 Å². The lowest BCUT2D eigenvalue weighted by Crippen LogP contribution is -2.44. The Balaban J connectivity index is 1.92. The van der Waals surface area contributed by atoms with E-state index in [4.69, 9.17) is 0 Å². The van der Waals surface area contributed by atoms with Crippen molar-refractivity contribution < 1.29 is 4.39 Å². The molecule has 0 radical (unpaired) electrons. The van der Waals surface area contributed by atoms with Crippen molar-refractivity contribution in [1.82, 2.24) is 15.0 Å². The third-order valence-electron chi connectivity index (χ3n) is 3.55. The summed E-state index contributed by atoms with van der Waals surface area (Å²) in [5, 5.41) is 3.25. The van der Waals surface area contributed by atoms with Crippen LogP contribution in [0.25, 0.3) is 0 Å². The molecule has 5 heteroatoms. The molecule has 2 aromatic rings. The third-order valence-corrected chi connectivity index (χ3v) is 3.55. The molecule has 3 rings (SSSR count). The Morgan fingerprint density at radius 1 is 1.21 bits per heavy atom. The molecule has 2 aromatic heterocycles. The summed E-state index contributed by atoms with van der Waals surface area (Å²) >= 11 is 0. The lowest BCUT2D eigenvalue weighted by Gasteiger charge is -2.42. The zero-order chi connectivity index (χ0) is 13.3. The predicted molar refractivity (Wildman–Crippen MR) is 70.1 cm³/mol. The Morgan fingerprint density at radius 2 is 1.95 bits per heavy atom. The molecule has 1 aliphatic rings. The van der Waals surface area contributed by atoms with Crippen LogP contribution in [-0.4, -0.2) is 15.0 Å². The predicted octanol–water partition coefficient (Wildman–Crippen LogP) is 2.81. The van der Waals surface area contributed by atoms with E-state index in [1.165, 1.54) is 6.07 Å². The maximum atomic E-state index is 13.9. The average molecular weight is 258 g/mol. The van der Waals surface area contributed by atoms with Gasteiger partial charge in [0.05, 0.1) is 5.54 Å². The summed E-state index contributed by atoms with van der Waals surface area (Å²) in [7, 11) is 0. The molecule has 0 atom stereocenters. The summed E-state index contributed by atoms with van der Waals surface area (Å²) in [6.45, 7) is 1.93. The Morgan fingerprint density at radius 3 is 2.53 bits per heavy atom. The van der Waals surface area contributed by atoms with Crippen LogP contribution in [0.2, 0.25) is 0 Å². The summed E-state index contributed by atoms with van der Waals surface area (Å²) in [5.41, 5.74) is 1.00. The molecule has 1 aliphatic carbocycles. The van der Waals surface area contributed by atoms with Crippen molar-refractivity contribution in [2.75, 3.05) is 5.32 Å². The smallest absolute Gasteiger partial charge is 0.223 e. The van der Waals surface area contributed by atoms with Gasteiger partial charge in [0, 0.05) is 18.6 Å². The fourth-order valence-electron chi connectivity index (χ4n) is 2.36. The summed E-state index contributed by atoms with van der Waals surface area (Å²) in [6, 6.07) is 3.05. The van der Waals surface area contributed by atoms with Crippen LogP contribution in [0, 0.1) is 12.7 Å². The largest absolute Gasteiger partial charge is 0.343 e. The second-order valence-electron chi connectivity index (χ2n) is 4.98. The highest BCUT2D eigenvalue weighted by Crippen LogP contribution is 2.43. The van der Waals surface area contributed by atoms with E-state index in [0.717, 1.165) is 24.8 Å². The molecule has 0 aromatic carbocycles. The third kappa shape index (κ3) is 2.16. The fourth-order valence-corrected chi connectivity index (χ4v) is 2.36. The van der Waals surface area contributed by atoms with Crippen molar-refractivity contribution in [2.24, 2.45) is 0 Å². The molecule has 19 heavy (non-hydrogen) atoms. The number of anilines is 1. The van der Waals surface area contributed by atoms with Crippen molar-refractivity contribution in [3.8, 4) is 0 Å². The van der Waals surface area contributed by atoms with Gasteiger partial charge in [0.25, 0.3) is 0 Å². The highest BCUT2D eigenvalue weighted by atomic mass is 19.1. The Bertz CT molecular complexity index is 578. The van der Waals surface area contributed by atoms with E-state index in [2.05, 4.69) is 20.3 Å². The number of nitrogens with zero attached hydrogens (tertiary/aromatic N) is 3. The molecular weight excluding hydrogens is 243 g/mol. The van der Waals surface area contributed by atoms with Crippen LogP contribution in [0.5, 0.6) is 0 Å². The summed E-state index contributed by atoms with van der Waals surface area (Å²) < 4.78 is 13.9. The van der Waals surface area contributed by atoms with Gasteiger partial charge in [-0.25, -0.2) is 14.4 Å². The minimum atomic E-state index is -0.458. The van der Waals surface area contributed by atoms with Gasteiger partial charge in [0.15, 0.2) is 0 Å². The molecule has 0 bridgehead atoms. The zero-order valence-corrected chi connectivity index (χ0v) is 10.7. The number of halogens is 1. The van der Waals surface area contributed by atoms with E-state index in [1.54, 1.807) is 24.7 Å². The normalized spacial score (nSPS) is 16.7. The Hall–Kier alpha value is -2.04. The first kappa shape index (κ1) is 12.0. The maximum Gasteiger partial charge on any atom is 0.223 e. The van der Waals surface area contributed by atoms with Crippen LogP contribution < -0.4 is 5.32 Å². The monoisotopic (exact) mass is 258 g/mol. The van der Waals surface area contributed by atoms with Gasteiger partial charge in [0.1, 0.15) is 11.5 Å². The van der Waals surface area contributed by atoms with Crippen LogP contribution in [0.1, 0.15) is 30.5 Å². The van der Waals surface area contributed by atoms with Crippen LogP contribution in [0.4, 0.5) is 10.3 Å². The highest BCUT2D eigenvalue weighted by molar-refractivity contribution is 5.37. The average Bonchev–Trinajstić information content (AvgIpc) is 2.37. The Kier molecular flexibility index (Phi) is 2.89. The molecule has 0 aliphatic heterocycles. The SMILES string of the molecule is Cc1cnc(NC2(c3ncccc3F)CCC2)nc1. The zero-order valence-electron chi connectivity index (χ0n) is 10.7. The van der Waals surface area contributed by atoms with Crippen molar-refractivity contribution in [1.29, 1.82) is 0 Å². The standard InChI is InChI=1S/C14H15FN4/c1-10-8-17-13(18-9-10)19-14(5-3-6-14)12-11(15)4-2-7-16-12/h2,4,7-9H,3,5-6H2,1H3,(H,17,18,19). The number of rotatable bonds is 3. The molecule has 98 valence electrons. The molecule has 0 saturated heterocycles. The number of hydrogen-bond donors (Lipinski definition) is 1. The second-order valence-corrected chi connectivity index (χ2v) is 4.98. The molecule has 1 fully saturated rings. The van der Waals surface area contributed by atoms with Crippen molar-refractivity contribution >= 4 is 5.95 Å². The molecular formula is C14H15FN4. The number of pyridine rings is 1. The van der Waals surface area contributed by atoms with Crippen LogP contribution in [0.3, 0.4) is 0 Å². The lowest BCUT2D eigenvalue weighted by atomic mass is 9.74. The van der Waals surface area contributed by atoms with Gasteiger partial charge in [-0.2, -0.15) is 0 Å². The summed E-state index contributed by atoms with van der Waals surface area (Å²) in [5.74, 6) is 0.247. The van der Waals surface area contributed by atoms with Crippen molar-refractivity contribution in [3.05, 3.63) is 47.8 Å². The maximum absolute atomic E-state index is 13.9. The van der Waals surface area contributed by atoms with E-state index in [0.29, 0.717) is 11.6 Å². The second kappa shape index (κ2) is 4.57. The van der Waals surface area contributed by atoms with E-state index in [1.807, 2.05) is 6.92 Å². The first-order valence-corrected chi connectivity index (χ1v) is 6.37. The minimum absolute atomic E-state index is 0.276.